The third-order valence-electron chi connectivity index (χ3n) is 4.87. The van der Waals surface area contributed by atoms with Gasteiger partial charge in [-0.3, -0.25) is 9.48 Å². The molecular weight excluding hydrogens is 318 g/mol. The van der Waals surface area contributed by atoms with Gasteiger partial charge in [-0.2, -0.15) is 5.10 Å². The number of likely N-dealkylation sites (tertiary alicyclic amines) is 1. The van der Waals surface area contributed by atoms with Gasteiger partial charge in [-0.05, 0) is 44.0 Å². The molecule has 25 heavy (non-hydrogen) atoms. The molecule has 0 spiro atoms. The lowest BCUT2D eigenvalue weighted by Crippen LogP contribution is -2.41. The number of carbonyl (C=O) groups excluding carboxylic acids is 1. The van der Waals surface area contributed by atoms with Gasteiger partial charge in [-0.25, -0.2) is 0 Å². The smallest absolute Gasteiger partial charge is 0.258 e. The molecule has 0 bridgehead atoms. The Balaban J connectivity index is 1.66. The largest absolute Gasteiger partial charge is 0.497 e. The van der Waals surface area contributed by atoms with E-state index in [0.29, 0.717) is 23.5 Å². The highest BCUT2D eigenvalue weighted by Crippen LogP contribution is 2.31. The van der Waals surface area contributed by atoms with E-state index in [0.717, 1.165) is 30.5 Å². The molecule has 1 aromatic carbocycles. The number of hydrogen-bond donors (Lipinski definition) is 0. The summed E-state index contributed by atoms with van der Waals surface area (Å²) in [7, 11) is 1.62. The second kappa shape index (κ2) is 6.27. The Kier molecular flexibility index (Phi) is 3.95. The van der Waals surface area contributed by atoms with Crippen LogP contribution in [0.25, 0.3) is 11.0 Å². The van der Waals surface area contributed by atoms with Crippen molar-refractivity contribution in [1.29, 1.82) is 0 Å². The molecule has 0 aliphatic carbocycles. The second-order valence-corrected chi connectivity index (χ2v) is 6.43. The van der Waals surface area contributed by atoms with Crippen LogP contribution in [0.15, 0.2) is 41.1 Å². The summed E-state index contributed by atoms with van der Waals surface area (Å²) >= 11 is 0. The number of methoxy groups -OCH3 is 1. The number of nitrogens with zero attached hydrogens (tertiary/aromatic N) is 3. The predicted octanol–water partition coefficient (Wildman–Crippen LogP) is 3.42. The molecule has 0 unspecified atom stereocenters. The van der Waals surface area contributed by atoms with Crippen LogP contribution >= 0.6 is 0 Å². The summed E-state index contributed by atoms with van der Waals surface area (Å²) in [5.41, 5.74) is 1.34. The number of aromatic nitrogens is 2. The fraction of sp³-hybridized carbons (Fsp3) is 0.368. The first kappa shape index (κ1) is 15.7. The van der Waals surface area contributed by atoms with Crippen LogP contribution in [0.1, 0.15) is 35.0 Å². The minimum atomic E-state index is 0.0151. The van der Waals surface area contributed by atoms with Gasteiger partial charge >= 0.3 is 0 Å². The zero-order valence-electron chi connectivity index (χ0n) is 14.4. The van der Waals surface area contributed by atoms with Crippen LogP contribution in [0.3, 0.4) is 0 Å². The number of fused-ring (bicyclic) bond motifs is 1. The van der Waals surface area contributed by atoms with Gasteiger partial charge in [0, 0.05) is 30.9 Å². The molecule has 3 heterocycles. The minimum Gasteiger partial charge on any atom is -0.497 e. The van der Waals surface area contributed by atoms with Crippen molar-refractivity contribution in [2.24, 2.45) is 0 Å². The van der Waals surface area contributed by atoms with E-state index in [1.165, 1.54) is 0 Å². The molecule has 2 aromatic heterocycles. The number of piperidine rings is 1. The van der Waals surface area contributed by atoms with Crippen LogP contribution in [-0.2, 0) is 0 Å². The first-order valence-corrected chi connectivity index (χ1v) is 8.53. The van der Waals surface area contributed by atoms with E-state index in [2.05, 4.69) is 5.10 Å². The zero-order valence-corrected chi connectivity index (χ0v) is 14.4. The van der Waals surface area contributed by atoms with Crippen molar-refractivity contribution < 1.29 is 13.9 Å². The zero-order chi connectivity index (χ0) is 17.4. The van der Waals surface area contributed by atoms with E-state index in [9.17, 15) is 4.79 Å². The van der Waals surface area contributed by atoms with Gasteiger partial charge in [-0.15, -0.1) is 0 Å². The second-order valence-electron chi connectivity index (χ2n) is 6.43. The third kappa shape index (κ3) is 2.77. The summed E-state index contributed by atoms with van der Waals surface area (Å²) in [6, 6.07) is 7.70. The number of benzene rings is 1. The monoisotopic (exact) mass is 339 g/mol. The Hall–Kier alpha value is -2.76. The van der Waals surface area contributed by atoms with Gasteiger partial charge < -0.3 is 14.1 Å². The van der Waals surface area contributed by atoms with E-state index >= 15 is 0 Å². The van der Waals surface area contributed by atoms with Crippen LogP contribution in [0, 0.1) is 6.92 Å². The third-order valence-corrected chi connectivity index (χ3v) is 4.87. The molecule has 1 aliphatic rings. The average Bonchev–Trinajstić information content (AvgIpc) is 3.28. The maximum atomic E-state index is 13.2. The minimum absolute atomic E-state index is 0.0151. The molecule has 0 radical (unpaired) electrons. The van der Waals surface area contributed by atoms with Crippen molar-refractivity contribution in [2.75, 3.05) is 20.2 Å². The van der Waals surface area contributed by atoms with Crippen LogP contribution in [-0.4, -0.2) is 40.8 Å². The molecule has 130 valence electrons. The van der Waals surface area contributed by atoms with E-state index in [4.69, 9.17) is 9.15 Å². The topological polar surface area (TPSA) is 60.5 Å². The molecule has 4 rings (SSSR count). The van der Waals surface area contributed by atoms with E-state index in [1.54, 1.807) is 13.3 Å². The molecule has 1 amide bonds. The fourth-order valence-electron chi connectivity index (χ4n) is 3.60. The first-order valence-electron chi connectivity index (χ1n) is 8.53. The first-order chi connectivity index (χ1) is 12.2. The number of rotatable bonds is 3. The van der Waals surface area contributed by atoms with Gasteiger partial charge in [0.25, 0.3) is 5.91 Å². The van der Waals surface area contributed by atoms with Crippen LogP contribution < -0.4 is 4.74 Å². The summed E-state index contributed by atoms with van der Waals surface area (Å²) in [5, 5.41) is 5.14. The maximum absolute atomic E-state index is 13.2. The van der Waals surface area contributed by atoms with Crippen molar-refractivity contribution >= 4 is 16.9 Å². The average molecular weight is 339 g/mol. The number of carbonyl (C=O) groups is 1. The fourth-order valence-corrected chi connectivity index (χ4v) is 3.60. The predicted molar refractivity (Wildman–Crippen MR) is 93.9 cm³/mol. The molecule has 0 N–H and O–H groups in total. The van der Waals surface area contributed by atoms with Crippen molar-refractivity contribution in [1.82, 2.24) is 14.7 Å². The number of amides is 1. The standard InChI is InChI=1S/C19H21N3O3/c1-13-18(16-11-15(24-2)6-7-17(16)25-13)19(23)21-9-3-5-14(12-21)22-10-4-8-20-22/h4,6-8,10-11,14H,3,5,9,12H2,1-2H3/t14-/m0/s1. The van der Waals surface area contributed by atoms with Gasteiger partial charge in [0.2, 0.25) is 0 Å². The SMILES string of the molecule is COc1ccc2oc(C)c(C(=O)N3CCC[C@H](n4cccn4)C3)c2c1. The number of furan rings is 1. The Bertz CT molecular complexity index is 898. The normalized spacial score (nSPS) is 17.8. The van der Waals surface area contributed by atoms with Crippen molar-refractivity contribution in [2.45, 2.75) is 25.8 Å². The van der Waals surface area contributed by atoms with Crippen LogP contribution in [0.2, 0.25) is 0 Å². The highest BCUT2D eigenvalue weighted by atomic mass is 16.5. The van der Waals surface area contributed by atoms with Crippen LogP contribution in [0.5, 0.6) is 5.75 Å². The Morgan fingerprint density at radius 3 is 3.04 bits per heavy atom. The van der Waals surface area contributed by atoms with Gasteiger partial charge in [0.1, 0.15) is 17.1 Å². The van der Waals surface area contributed by atoms with Gasteiger partial charge in [-0.1, -0.05) is 0 Å². The molecule has 1 fully saturated rings. The summed E-state index contributed by atoms with van der Waals surface area (Å²) in [6.45, 7) is 3.26. The lowest BCUT2D eigenvalue weighted by atomic mass is 10.0. The van der Waals surface area contributed by atoms with E-state index < -0.39 is 0 Å². The molecule has 0 saturated carbocycles. The molecule has 6 heteroatoms. The van der Waals surface area contributed by atoms with E-state index in [-0.39, 0.29) is 11.9 Å². The van der Waals surface area contributed by atoms with Crippen molar-refractivity contribution in [3.63, 3.8) is 0 Å². The number of hydrogen-bond acceptors (Lipinski definition) is 4. The van der Waals surface area contributed by atoms with E-state index in [1.807, 2.05) is 47.0 Å². The Morgan fingerprint density at radius 2 is 2.28 bits per heavy atom. The quantitative estimate of drug-likeness (QED) is 0.733. The summed E-state index contributed by atoms with van der Waals surface area (Å²) < 4.78 is 13.0. The van der Waals surface area contributed by atoms with Crippen molar-refractivity contribution in [3.8, 4) is 5.75 Å². The molecule has 1 saturated heterocycles. The lowest BCUT2D eigenvalue weighted by Gasteiger charge is -2.32. The van der Waals surface area contributed by atoms with Crippen LogP contribution in [0.4, 0.5) is 0 Å². The summed E-state index contributed by atoms with van der Waals surface area (Å²) in [4.78, 5) is 15.1. The Morgan fingerprint density at radius 1 is 1.40 bits per heavy atom. The summed E-state index contributed by atoms with van der Waals surface area (Å²) in [6.07, 6.45) is 5.74. The molecule has 1 aliphatic heterocycles. The maximum Gasteiger partial charge on any atom is 0.258 e. The number of aryl methyl sites for hydroxylation is 1. The molecular formula is C19H21N3O3. The van der Waals surface area contributed by atoms with Crippen molar-refractivity contribution in [3.05, 3.63) is 48.0 Å². The highest BCUT2D eigenvalue weighted by Gasteiger charge is 2.29. The lowest BCUT2D eigenvalue weighted by molar-refractivity contribution is 0.0673. The summed E-state index contributed by atoms with van der Waals surface area (Å²) in [5.74, 6) is 1.38. The van der Waals surface area contributed by atoms with Gasteiger partial charge in [0.05, 0.1) is 18.7 Å². The molecule has 1 atom stereocenters. The number of ether oxygens (including phenoxy) is 1. The highest BCUT2D eigenvalue weighted by molar-refractivity contribution is 6.07. The Labute approximate surface area is 146 Å². The molecule has 3 aromatic rings. The van der Waals surface area contributed by atoms with Gasteiger partial charge in [0.15, 0.2) is 0 Å². The molecule has 6 nitrogen and oxygen atoms in total.